The predicted octanol–water partition coefficient (Wildman–Crippen LogP) is 6.94. The number of hydrogen-bond acceptors (Lipinski definition) is 2. The molecule has 1 N–H and O–H groups in total. The standard InChI is InChI=1S/C28H27ClN4S/c1-17-12-13-21(15-18(17)2)33-27(26(31-28(33)34)24-10-7-8-14-30-24)22-16-19(3)32(20(22)4)25-11-6-5-9-23(25)29/h5-16,26-27H,1-4H3,(H,31,34)/t26-,27+/m1/s1. The van der Waals surface area contributed by atoms with Gasteiger partial charge in [-0.05, 0) is 99.1 Å². The van der Waals surface area contributed by atoms with E-state index in [0.29, 0.717) is 5.11 Å². The first-order valence-electron chi connectivity index (χ1n) is 11.4. The van der Waals surface area contributed by atoms with Crippen LogP contribution in [0.25, 0.3) is 5.69 Å². The van der Waals surface area contributed by atoms with Crippen molar-refractivity contribution in [2.75, 3.05) is 4.90 Å². The lowest BCUT2D eigenvalue weighted by Gasteiger charge is -2.28. The van der Waals surface area contributed by atoms with Gasteiger partial charge in [0.05, 0.1) is 28.5 Å². The summed E-state index contributed by atoms with van der Waals surface area (Å²) in [7, 11) is 0. The number of pyridine rings is 1. The highest BCUT2D eigenvalue weighted by atomic mass is 35.5. The Hall–Kier alpha value is -3.15. The lowest BCUT2D eigenvalue weighted by molar-refractivity contribution is 0.565. The number of rotatable bonds is 4. The molecule has 0 spiro atoms. The molecular formula is C28H27ClN4S. The lowest BCUT2D eigenvalue weighted by atomic mass is 9.96. The molecule has 4 nitrogen and oxygen atoms in total. The first kappa shape index (κ1) is 22.6. The second kappa shape index (κ2) is 8.90. The van der Waals surface area contributed by atoms with Crippen LogP contribution in [0.15, 0.2) is 72.9 Å². The minimum Gasteiger partial charge on any atom is -0.351 e. The van der Waals surface area contributed by atoms with Gasteiger partial charge in [-0.1, -0.05) is 35.9 Å². The smallest absolute Gasteiger partial charge is 0.174 e. The fourth-order valence-corrected chi connectivity index (χ4v) is 5.48. The minimum atomic E-state index is -0.0875. The summed E-state index contributed by atoms with van der Waals surface area (Å²) in [4.78, 5) is 6.92. The molecule has 5 rings (SSSR count). The van der Waals surface area contributed by atoms with E-state index >= 15 is 0 Å². The first-order chi connectivity index (χ1) is 16.4. The van der Waals surface area contributed by atoms with E-state index in [4.69, 9.17) is 23.8 Å². The number of aryl methyl sites for hydroxylation is 3. The maximum absolute atomic E-state index is 6.60. The molecule has 0 aliphatic carbocycles. The molecule has 1 fully saturated rings. The van der Waals surface area contributed by atoms with Crippen molar-refractivity contribution < 1.29 is 0 Å². The van der Waals surface area contributed by atoms with Crippen LogP contribution in [0.2, 0.25) is 5.02 Å². The van der Waals surface area contributed by atoms with Gasteiger partial charge < -0.3 is 14.8 Å². The lowest BCUT2D eigenvalue weighted by Crippen LogP contribution is -2.29. The van der Waals surface area contributed by atoms with Crippen molar-refractivity contribution in [1.82, 2.24) is 14.9 Å². The maximum atomic E-state index is 6.60. The number of aromatic nitrogens is 2. The predicted molar refractivity (Wildman–Crippen MR) is 144 cm³/mol. The molecule has 1 saturated heterocycles. The molecule has 0 bridgehead atoms. The number of halogens is 1. The Morgan fingerprint density at radius 1 is 0.912 bits per heavy atom. The van der Waals surface area contributed by atoms with E-state index in [9.17, 15) is 0 Å². The SMILES string of the molecule is Cc1ccc(N2C(=S)N[C@H](c3ccccn3)[C@@H]2c2cc(C)n(-c3ccccc3Cl)c2C)cc1C. The fourth-order valence-electron chi connectivity index (χ4n) is 4.92. The number of para-hydroxylation sites is 1. The average molecular weight is 487 g/mol. The number of nitrogens with zero attached hydrogens (tertiary/aromatic N) is 3. The third-order valence-corrected chi connectivity index (χ3v) is 7.38. The molecule has 1 aliphatic rings. The number of thiocarbonyl (C=S) groups is 1. The summed E-state index contributed by atoms with van der Waals surface area (Å²) in [5.41, 5.74) is 8.97. The first-order valence-corrected chi connectivity index (χ1v) is 12.2. The van der Waals surface area contributed by atoms with Gasteiger partial charge in [0.1, 0.15) is 0 Å². The molecule has 0 radical (unpaired) electrons. The second-order valence-corrected chi connectivity index (χ2v) is 9.67. The number of nitrogens with one attached hydrogen (secondary N) is 1. The van der Waals surface area contributed by atoms with E-state index in [0.717, 1.165) is 33.5 Å². The Balaban J connectivity index is 1.70. The Labute approximate surface area is 211 Å². The summed E-state index contributed by atoms with van der Waals surface area (Å²) in [6.45, 7) is 8.54. The molecule has 172 valence electrons. The Kier molecular flexibility index (Phi) is 5.92. The van der Waals surface area contributed by atoms with Crippen molar-refractivity contribution in [1.29, 1.82) is 0 Å². The zero-order chi connectivity index (χ0) is 24.0. The summed E-state index contributed by atoms with van der Waals surface area (Å²) in [6, 6.07) is 22.6. The molecule has 3 heterocycles. The van der Waals surface area contributed by atoms with Gasteiger partial charge in [0, 0.05) is 23.3 Å². The van der Waals surface area contributed by atoms with Crippen LogP contribution in [-0.4, -0.2) is 14.7 Å². The molecule has 34 heavy (non-hydrogen) atoms. The van der Waals surface area contributed by atoms with E-state index in [1.54, 1.807) is 0 Å². The van der Waals surface area contributed by atoms with E-state index in [1.807, 2.05) is 36.5 Å². The summed E-state index contributed by atoms with van der Waals surface area (Å²) < 4.78 is 2.23. The van der Waals surface area contributed by atoms with E-state index in [1.165, 1.54) is 16.7 Å². The quantitative estimate of drug-likeness (QED) is 0.317. The van der Waals surface area contributed by atoms with Crippen LogP contribution in [0, 0.1) is 27.7 Å². The Morgan fingerprint density at radius 2 is 1.68 bits per heavy atom. The molecule has 2 aromatic carbocycles. The molecule has 2 aromatic heterocycles. The van der Waals surface area contributed by atoms with Gasteiger partial charge in [-0.15, -0.1) is 0 Å². The number of anilines is 1. The van der Waals surface area contributed by atoms with Crippen LogP contribution in [0.3, 0.4) is 0 Å². The molecule has 0 unspecified atom stereocenters. The Morgan fingerprint density at radius 3 is 2.38 bits per heavy atom. The highest BCUT2D eigenvalue weighted by molar-refractivity contribution is 7.80. The van der Waals surface area contributed by atoms with Gasteiger partial charge >= 0.3 is 0 Å². The molecule has 4 aromatic rings. The summed E-state index contributed by atoms with van der Waals surface area (Å²) in [6.07, 6.45) is 1.84. The van der Waals surface area contributed by atoms with Crippen molar-refractivity contribution >= 4 is 34.6 Å². The van der Waals surface area contributed by atoms with Gasteiger partial charge in [-0.3, -0.25) is 4.98 Å². The third kappa shape index (κ3) is 3.79. The summed E-state index contributed by atoms with van der Waals surface area (Å²) in [5, 5.41) is 4.99. The van der Waals surface area contributed by atoms with E-state index in [-0.39, 0.29) is 12.1 Å². The number of hydrogen-bond donors (Lipinski definition) is 1. The van der Waals surface area contributed by atoms with Crippen molar-refractivity contribution in [3.8, 4) is 5.69 Å². The van der Waals surface area contributed by atoms with Crippen molar-refractivity contribution in [2.45, 2.75) is 39.8 Å². The van der Waals surface area contributed by atoms with Crippen LogP contribution < -0.4 is 10.2 Å². The largest absolute Gasteiger partial charge is 0.351 e. The van der Waals surface area contributed by atoms with Crippen molar-refractivity contribution in [3.63, 3.8) is 0 Å². The van der Waals surface area contributed by atoms with Crippen molar-refractivity contribution in [3.05, 3.63) is 112 Å². The molecule has 2 atom stereocenters. The Bertz CT molecular complexity index is 1380. The molecule has 1 aliphatic heterocycles. The van der Waals surface area contributed by atoms with Crippen LogP contribution in [0.1, 0.15) is 45.9 Å². The van der Waals surface area contributed by atoms with Crippen LogP contribution >= 0.6 is 23.8 Å². The molecule has 6 heteroatoms. The zero-order valence-electron chi connectivity index (χ0n) is 19.7. The maximum Gasteiger partial charge on any atom is 0.174 e. The second-order valence-electron chi connectivity index (χ2n) is 8.88. The fraction of sp³-hybridized carbons (Fsp3) is 0.214. The summed E-state index contributed by atoms with van der Waals surface area (Å²) >= 11 is 12.5. The topological polar surface area (TPSA) is 33.1 Å². The zero-order valence-corrected chi connectivity index (χ0v) is 21.3. The van der Waals surface area contributed by atoms with Gasteiger partial charge in [-0.25, -0.2) is 0 Å². The van der Waals surface area contributed by atoms with E-state index in [2.05, 4.69) is 83.9 Å². The number of benzene rings is 2. The highest BCUT2D eigenvalue weighted by Crippen LogP contribution is 2.44. The normalized spacial score (nSPS) is 17.8. The van der Waals surface area contributed by atoms with E-state index < -0.39 is 0 Å². The average Bonchev–Trinajstić information content (AvgIpc) is 3.32. The monoisotopic (exact) mass is 486 g/mol. The summed E-state index contributed by atoms with van der Waals surface area (Å²) in [5.74, 6) is 0. The molecule has 0 amide bonds. The third-order valence-electron chi connectivity index (χ3n) is 6.75. The van der Waals surface area contributed by atoms with Gasteiger partial charge in [0.15, 0.2) is 5.11 Å². The minimum absolute atomic E-state index is 0.0630. The van der Waals surface area contributed by atoms with Crippen molar-refractivity contribution in [2.24, 2.45) is 0 Å². The van der Waals surface area contributed by atoms with Gasteiger partial charge in [-0.2, -0.15) is 0 Å². The highest BCUT2D eigenvalue weighted by Gasteiger charge is 2.42. The van der Waals surface area contributed by atoms with Crippen LogP contribution in [0.5, 0.6) is 0 Å². The molecule has 0 saturated carbocycles. The van der Waals surface area contributed by atoms with Gasteiger partial charge in [0.2, 0.25) is 0 Å². The molecular weight excluding hydrogens is 460 g/mol. The van der Waals surface area contributed by atoms with Crippen LogP contribution in [0.4, 0.5) is 5.69 Å². The van der Waals surface area contributed by atoms with Crippen LogP contribution in [-0.2, 0) is 0 Å². The van der Waals surface area contributed by atoms with Gasteiger partial charge in [0.25, 0.3) is 0 Å².